The Morgan fingerprint density at radius 1 is 1.05 bits per heavy atom. The van der Waals surface area contributed by atoms with E-state index in [1.54, 1.807) is 18.2 Å². The molecule has 0 atom stereocenters. The van der Waals surface area contributed by atoms with E-state index in [1.165, 1.54) is 7.11 Å². The molecule has 0 aliphatic carbocycles. The molecule has 4 nitrogen and oxygen atoms in total. The summed E-state index contributed by atoms with van der Waals surface area (Å²) in [6, 6.07) is 16.7. The summed E-state index contributed by atoms with van der Waals surface area (Å²) in [7, 11) is 1.53. The standard InChI is InChI=1S/C16H16N2O2/c1-12(13-8-4-3-5-9-13)17-18-16(19)14-10-6-7-11-15(14)20-2/h3-11H,1-2H3,(H,18,19)/b17-12-. The first-order chi connectivity index (χ1) is 9.72. The van der Waals surface area contributed by atoms with Crippen molar-refractivity contribution in [1.82, 2.24) is 5.43 Å². The number of amides is 1. The predicted octanol–water partition coefficient (Wildman–Crippen LogP) is 2.85. The van der Waals surface area contributed by atoms with Gasteiger partial charge in [-0.25, -0.2) is 5.43 Å². The van der Waals surface area contributed by atoms with Crippen LogP contribution in [0.15, 0.2) is 59.7 Å². The lowest BCUT2D eigenvalue weighted by atomic mass is 10.1. The van der Waals surface area contributed by atoms with Crippen LogP contribution in [0.25, 0.3) is 0 Å². The van der Waals surface area contributed by atoms with Crippen LogP contribution in [0, 0.1) is 0 Å². The van der Waals surface area contributed by atoms with Crippen LogP contribution in [0.3, 0.4) is 0 Å². The van der Waals surface area contributed by atoms with Crippen LogP contribution < -0.4 is 10.2 Å². The molecule has 2 rings (SSSR count). The maximum absolute atomic E-state index is 12.1. The highest BCUT2D eigenvalue weighted by molar-refractivity contribution is 6.01. The number of carbonyl (C=O) groups excluding carboxylic acids is 1. The minimum absolute atomic E-state index is 0.294. The molecule has 4 heteroatoms. The lowest BCUT2D eigenvalue weighted by Crippen LogP contribution is -2.20. The number of carbonyl (C=O) groups is 1. The monoisotopic (exact) mass is 268 g/mol. The smallest absolute Gasteiger partial charge is 0.275 e. The fraction of sp³-hybridized carbons (Fsp3) is 0.125. The number of methoxy groups -OCH3 is 1. The number of hydrogen-bond donors (Lipinski definition) is 1. The van der Waals surface area contributed by atoms with Gasteiger partial charge in [0.25, 0.3) is 5.91 Å². The van der Waals surface area contributed by atoms with Crippen LogP contribution in [0.4, 0.5) is 0 Å². The number of benzene rings is 2. The van der Waals surface area contributed by atoms with Gasteiger partial charge >= 0.3 is 0 Å². The molecule has 0 saturated heterocycles. The van der Waals surface area contributed by atoms with Crippen LogP contribution >= 0.6 is 0 Å². The van der Waals surface area contributed by atoms with Gasteiger partial charge in [-0.1, -0.05) is 42.5 Å². The molecule has 2 aromatic rings. The lowest BCUT2D eigenvalue weighted by molar-refractivity contribution is 0.0952. The van der Waals surface area contributed by atoms with Crippen molar-refractivity contribution in [2.45, 2.75) is 6.92 Å². The zero-order valence-electron chi connectivity index (χ0n) is 11.5. The van der Waals surface area contributed by atoms with Gasteiger partial charge in [-0.3, -0.25) is 4.79 Å². The molecular formula is C16H16N2O2. The van der Waals surface area contributed by atoms with E-state index in [4.69, 9.17) is 4.74 Å². The predicted molar refractivity (Wildman–Crippen MR) is 79.1 cm³/mol. The fourth-order valence-electron chi connectivity index (χ4n) is 1.77. The Kier molecular flexibility index (Phi) is 4.50. The minimum Gasteiger partial charge on any atom is -0.496 e. The Balaban J connectivity index is 2.12. The molecule has 0 fully saturated rings. The number of para-hydroxylation sites is 1. The number of nitrogens with one attached hydrogen (secondary N) is 1. The molecule has 0 saturated carbocycles. The van der Waals surface area contributed by atoms with Crippen molar-refractivity contribution in [2.75, 3.05) is 7.11 Å². The summed E-state index contributed by atoms with van der Waals surface area (Å²) in [6.45, 7) is 1.85. The number of hydrazone groups is 1. The summed E-state index contributed by atoms with van der Waals surface area (Å²) in [5.74, 6) is 0.232. The molecule has 102 valence electrons. The molecule has 0 unspecified atom stereocenters. The quantitative estimate of drug-likeness (QED) is 0.684. The number of ether oxygens (including phenoxy) is 1. The SMILES string of the molecule is COc1ccccc1C(=O)N/N=C(/C)c1ccccc1. The van der Waals surface area contributed by atoms with Crippen LogP contribution in [0.5, 0.6) is 5.75 Å². The topological polar surface area (TPSA) is 50.7 Å². The highest BCUT2D eigenvalue weighted by atomic mass is 16.5. The van der Waals surface area contributed by atoms with Gasteiger partial charge in [0.2, 0.25) is 0 Å². The molecule has 0 radical (unpaired) electrons. The minimum atomic E-state index is -0.294. The summed E-state index contributed by atoms with van der Waals surface area (Å²) in [4.78, 5) is 12.1. The maximum Gasteiger partial charge on any atom is 0.275 e. The second-order valence-electron chi connectivity index (χ2n) is 4.20. The van der Waals surface area contributed by atoms with E-state index < -0.39 is 0 Å². The first-order valence-electron chi connectivity index (χ1n) is 6.25. The van der Waals surface area contributed by atoms with Gasteiger partial charge in [0, 0.05) is 0 Å². The molecule has 0 spiro atoms. The van der Waals surface area contributed by atoms with Crippen molar-refractivity contribution in [1.29, 1.82) is 0 Å². The van der Waals surface area contributed by atoms with Crippen molar-refractivity contribution < 1.29 is 9.53 Å². The van der Waals surface area contributed by atoms with E-state index >= 15 is 0 Å². The van der Waals surface area contributed by atoms with Crippen molar-refractivity contribution in [3.63, 3.8) is 0 Å². The average molecular weight is 268 g/mol. The van der Waals surface area contributed by atoms with Crippen molar-refractivity contribution in [2.24, 2.45) is 5.10 Å². The first-order valence-corrected chi connectivity index (χ1v) is 6.25. The van der Waals surface area contributed by atoms with Crippen LogP contribution in [-0.4, -0.2) is 18.7 Å². The fourth-order valence-corrected chi connectivity index (χ4v) is 1.77. The maximum atomic E-state index is 12.1. The second kappa shape index (κ2) is 6.52. The molecule has 0 aromatic heterocycles. The Labute approximate surface area is 118 Å². The van der Waals surface area contributed by atoms with Crippen molar-refractivity contribution in [3.8, 4) is 5.75 Å². The molecule has 0 heterocycles. The van der Waals surface area contributed by atoms with Gasteiger partial charge in [-0.15, -0.1) is 0 Å². The number of rotatable bonds is 4. The van der Waals surface area contributed by atoms with Crippen molar-refractivity contribution >= 4 is 11.6 Å². The van der Waals surface area contributed by atoms with E-state index in [-0.39, 0.29) is 5.91 Å². The lowest BCUT2D eigenvalue weighted by Gasteiger charge is -2.07. The molecular weight excluding hydrogens is 252 g/mol. The average Bonchev–Trinajstić information content (AvgIpc) is 2.53. The Bertz CT molecular complexity index is 621. The highest BCUT2D eigenvalue weighted by Gasteiger charge is 2.10. The third-order valence-corrected chi connectivity index (χ3v) is 2.87. The van der Waals surface area contributed by atoms with Gasteiger partial charge in [-0.05, 0) is 24.6 Å². The third-order valence-electron chi connectivity index (χ3n) is 2.87. The normalized spacial score (nSPS) is 11.0. The summed E-state index contributed by atoms with van der Waals surface area (Å²) < 4.78 is 5.15. The summed E-state index contributed by atoms with van der Waals surface area (Å²) in [5.41, 5.74) is 4.71. The van der Waals surface area contributed by atoms with E-state index in [2.05, 4.69) is 10.5 Å². The summed E-state index contributed by atoms with van der Waals surface area (Å²) >= 11 is 0. The first kappa shape index (κ1) is 13.8. The third kappa shape index (κ3) is 3.23. The van der Waals surface area contributed by atoms with Crippen LogP contribution in [0.2, 0.25) is 0 Å². The molecule has 0 bridgehead atoms. The second-order valence-corrected chi connectivity index (χ2v) is 4.20. The van der Waals surface area contributed by atoms with Gasteiger partial charge in [0.05, 0.1) is 18.4 Å². The number of nitrogens with zero attached hydrogens (tertiary/aromatic N) is 1. The summed E-state index contributed by atoms with van der Waals surface area (Å²) in [5, 5.41) is 4.11. The van der Waals surface area contributed by atoms with E-state index in [1.807, 2.05) is 43.3 Å². The zero-order chi connectivity index (χ0) is 14.4. The van der Waals surface area contributed by atoms with E-state index in [0.717, 1.165) is 11.3 Å². The molecule has 2 aromatic carbocycles. The van der Waals surface area contributed by atoms with Gasteiger partial charge in [-0.2, -0.15) is 5.10 Å². The molecule has 1 N–H and O–H groups in total. The van der Waals surface area contributed by atoms with Crippen LogP contribution in [0.1, 0.15) is 22.8 Å². The van der Waals surface area contributed by atoms with E-state index in [0.29, 0.717) is 11.3 Å². The molecule has 0 aliphatic rings. The molecule has 20 heavy (non-hydrogen) atoms. The zero-order valence-corrected chi connectivity index (χ0v) is 11.5. The van der Waals surface area contributed by atoms with Gasteiger partial charge in [0.15, 0.2) is 0 Å². The van der Waals surface area contributed by atoms with Gasteiger partial charge in [0.1, 0.15) is 5.75 Å². The Hall–Kier alpha value is -2.62. The van der Waals surface area contributed by atoms with Gasteiger partial charge < -0.3 is 4.74 Å². The van der Waals surface area contributed by atoms with Crippen molar-refractivity contribution in [3.05, 3.63) is 65.7 Å². The molecule has 0 aliphatic heterocycles. The number of hydrogen-bond acceptors (Lipinski definition) is 3. The highest BCUT2D eigenvalue weighted by Crippen LogP contribution is 2.16. The Morgan fingerprint density at radius 3 is 2.40 bits per heavy atom. The molecule has 1 amide bonds. The summed E-state index contributed by atoms with van der Waals surface area (Å²) in [6.07, 6.45) is 0. The van der Waals surface area contributed by atoms with Crippen LogP contribution in [-0.2, 0) is 0 Å². The largest absolute Gasteiger partial charge is 0.496 e. The van der Waals surface area contributed by atoms with E-state index in [9.17, 15) is 4.79 Å². The Morgan fingerprint density at radius 2 is 1.70 bits per heavy atom.